The summed E-state index contributed by atoms with van der Waals surface area (Å²) in [7, 11) is 0. The van der Waals surface area contributed by atoms with Crippen LogP contribution in [0.2, 0.25) is 0 Å². The van der Waals surface area contributed by atoms with Crippen molar-refractivity contribution in [2.75, 3.05) is 13.2 Å². The van der Waals surface area contributed by atoms with Gasteiger partial charge in [0, 0.05) is 13.2 Å². The van der Waals surface area contributed by atoms with Crippen molar-refractivity contribution >= 4 is 5.97 Å². The molecular weight excluding hydrogens is 148 g/mol. The maximum Gasteiger partial charge on any atom is 0.306 e. The quantitative estimate of drug-likeness (QED) is 0.518. The fraction of sp³-hybridized carbons (Fsp3) is 0.857. The van der Waals surface area contributed by atoms with Crippen molar-refractivity contribution in [3.8, 4) is 0 Å². The second-order valence-corrected chi connectivity index (χ2v) is 2.58. The average Bonchev–Trinajstić information content (AvgIpc) is 1.98. The number of hydrogen-bond acceptors (Lipinski definition) is 3. The van der Waals surface area contributed by atoms with E-state index >= 15 is 0 Å². The zero-order valence-electron chi connectivity index (χ0n) is 6.53. The SMILES string of the molecule is CC(C(=O)O)C(CO)CCO. The Kier molecular flexibility index (Phi) is 4.81. The molecule has 0 spiro atoms. The zero-order valence-corrected chi connectivity index (χ0v) is 6.53. The highest BCUT2D eigenvalue weighted by atomic mass is 16.4. The molecule has 0 aliphatic carbocycles. The molecule has 3 N–H and O–H groups in total. The third kappa shape index (κ3) is 3.34. The molecule has 0 saturated heterocycles. The highest BCUT2D eigenvalue weighted by Gasteiger charge is 2.21. The Morgan fingerprint density at radius 3 is 2.27 bits per heavy atom. The Balaban J connectivity index is 3.91. The van der Waals surface area contributed by atoms with Crippen LogP contribution in [-0.2, 0) is 4.79 Å². The average molecular weight is 162 g/mol. The molecule has 0 saturated carbocycles. The third-order valence-corrected chi connectivity index (χ3v) is 1.83. The van der Waals surface area contributed by atoms with Crippen molar-refractivity contribution in [1.29, 1.82) is 0 Å². The number of carboxylic acids is 1. The van der Waals surface area contributed by atoms with E-state index in [0.29, 0.717) is 6.42 Å². The number of carbonyl (C=O) groups is 1. The van der Waals surface area contributed by atoms with Gasteiger partial charge in [0.05, 0.1) is 5.92 Å². The van der Waals surface area contributed by atoms with Crippen molar-refractivity contribution in [2.45, 2.75) is 13.3 Å². The molecule has 0 aromatic carbocycles. The summed E-state index contributed by atoms with van der Waals surface area (Å²) in [5, 5.41) is 25.7. The van der Waals surface area contributed by atoms with Crippen molar-refractivity contribution < 1.29 is 20.1 Å². The second kappa shape index (κ2) is 5.09. The van der Waals surface area contributed by atoms with E-state index in [1.165, 1.54) is 6.92 Å². The molecule has 0 aliphatic heterocycles. The summed E-state index contributed by atoms with van der Waals surface area (Å²) in [4.78, 5) is 10.4. The molecule has 2 atom stereocenters. The van der Waals surface area contributed by atoms with Crippen LogP contribution in [-0.4, -0.2) is 34.5 Å². The predicted octanol–water partition coefficient (Wildman–Crippen LogP) is -0.302. The third-order valence-electron chi connectivity index (χ3n) is 1.83. The van der Waals surface area contributed by atoms with Crippen LogP contribution < -0.4 is 0 Å². The second-order valence-electron chi connectivity index (χ2n) is 2.58. The summed E-state index contributed by atoms with van der Waals surface area (Å²) in [5.74, 6) is -1.86. The normalized spacial score (nSPS) is 15.9. The maximum absolute atomic E-state index is 10.4. The maximum atomic E-state index is 10.4. The first-order valence-corrected chi connectivity index (χ1v) is 3.58. The number of rotatable bonds is 5. The lowest BCUT2D eigenvalue weighted by atomic mass is 9.92. The Morgan fingerprint density at radius 1 is 1.45 bits per heavy atom. The molecule has 66 valence electrons. The Bertz CT molecular complexity index is 124. The first-order valence-electron chi connectivity index (χ1n) is 3.58. The van der Waals surface area contributed by atoms with Crippen molar-refractivity contribution in [2.24, 2.45) is 11.8 Å². The molecule has 4 nitrogen and oxygen atoms in total. The molecular formula is C7H14O4. The molecule has 0 aromatic rings. The number of aliphatic hydroxyl groups excluding tert-OH is 2. The van der Waals surface area contributed by atoms with Crippen LogP contribution >= 0.6 is 0 Å². The minimum absolute atomic E-state index is 0.0805. The molecule has 2 unspecified atom stereocenters. The van der Waals surface area contributed by atoms with Crippen LogP contribution in [0.15, 0.2) is 0 Å². The highest BCUT2D eigenvalue weighted by Crippen LogP contribution is 2.14. The molecule has 0 bridgehead atoms. The molecule has 0 aliphatic rings. The van der Waals surface area contributed by atoms with Crippen LogP contribution in [0.3, 0.4) is 0 Å². The molecule has 0 amide bonds. The smallest absolute Gasteiger partial charge is 0.306 e. The van der Waals surface area contributed by atoms with E-state index in [-0.39, 0.29) is 19.1 Å². The Labute approximate surface area is 65.5 Å². The van der Waals surface area contributed by atoms with Crippen LogP contribution in [0, 0.1) is 11.8 Å². The van der Waals surface area contributed by atoms with Crippen LogP contribution in [0.4, 0.5) is 0 Å². The van der Waals surface area contributed by atoms with Gasteiger partial charge in [0.25, 0.3) is 0 Å². The van der Waals surface area contributed by atoms with Crippen molar-refractivity contribution in [3.63, 3.8) is 0 Å². The van der Waals surface area contributed by atoms with E-state index in [9.17, 15) is 4.79 Å². The van der Waals surface area contributed by atoms with Crippen LogP contribution in [0.25, 0.3) is 0 Å². The summed E-state index contributed by atoms with van der Waals surface area (Å²) in [6, 6.07) is 0. The molecule has 4 heteroatoms. The summed E-state index contributed by atoms with van der Waals surface area (Å²) < 4.78 is 0. The minimum atomic E-state index is -0.933. The largest absolute Gasteiger partial charge is 0.481 e. The van der Waals surface area contributed by atoms with Gasteiger partial charge in [-0.2, -0.15) is 0 Å². The summed E-state index contributed by atoms with van der Waals surface area (Å²) >= 11 is 0. The first kappa shape index (κ1) is 10.4. The Hall–Kier alpha value is -0.610. The molecule has 0 rings (SSSR count). The van der Waals surface area contributed by atoms with Gasteiger partial charge in [-0.25, -0.2) is 0 Å². The lowest BCUT2D eigenvalue weighted by molar-refractivity contribution is -0.143. The molecule has 0 fully saturated rings. The van der Waals surface area contributed by atoms with Gasteiger partial charge < -0.3 is 15.3 Å². The van der Waals surface area contributed by atoms with E-state index in [1.54, 1.807) is 0 Å². The van der Waals surface area contributed by atoms with Gasteiger partial charge in [0.1, 0.15) is 0 Å². The van der Waals surface area contributed by atoms with Crippen molar-refractivity contribution in [3.05, 3.63) is 0 Å². The van der Waals surface area contributed by atoms with E-state index in [1.807, 2.05) is 0 Å². The summed E-state index contributed by atoms with van der Waals surface area (Å²) in [6.07, 6.45) is 0.337. The number of aliphatic hydroxyl groups is 2. The monoisotopic (exact) mass is 162 g/mol. The standard InChI is InChI=1S/C7H14O4/c1-5(7(10)11)6(4-9)2-3-8/h5-6,8-9H,2-4H2,1H3,(H,10,11). The van der Waals surface area contributed by atoms with E-state index in [4.69, 9.17) is 15.3 Å². The van der Waals surface area contributed by atoms with E-state index in [2.05, 4.69) is 0 Å². The molecule has 0 aromatic heterocycles. The van der Waals surface area contributed by atoms with Crippen LogP contribution in [0.5, 0.6) is 0 Å². The lowest BCUT2D eigenvalue weighted by Gasteiger charge is -2.16. The lowest BCUT2D eigenvalue weighted by Crippen LogP contribution is -2.24. The topological polar surface area (TPSA) is 77.8 Å². The van der Waals surface area contributed by atoms with Gasteiger partial charge in [0.2, 0.25) is 0 Å². The van der Waals surface area contributed by atoms with Gasteiger partial charge in [-0.15, -0.1) is 0 Å². The van der Waals surface area contributed by atoms with Crippen LogP contribution in [0.1, 0.15) is 13.3 Å². The minimum Gasteiger partial charge on any atom is -0.481 e. The summed E-state index contributed by atoms with van der Waals surface area (Å²) in [6.45, 7) is 1.26. The fourth-order valence-corrected chi connectivity index (χ4v) is 0.867. The van der Waals surface area contributed by atoms with Gasteiger partial charge >= 0.3 is 5.97 Å². The highest BCUT2D eigenvalue weighted by molar-refractivity contribution is 5.69. The zero-order chi connectivity index (χ0) is 8.85. The van der Waals surface area contributed by atoms with E-state index < -0.39 is 11.9 Å². The van der Waals surface area contributed by atoms with Gasteiger partial charge in [-0.1, -0.05) is 6.92 Å². The number of hydrogen-bond donors (Lipinski definition) is 3. The van der Waals surface area contributed by atoms with Gasteiger partial charge in [-0.05, 0) is 12.3 Å². The first-order chi connectivity index (χ1) is 5.13. The number of aliphatic carboxylic acids is 1. The van der Waals surface area contributed by atoms with Gasteiger partial charge in [0.15, 0.2) is 0 Å². The van der Waals surface area contributed by atoms with Crippen molar-refractivity contribution in [1.82, 2.24) is 0 Å². The summed E-state index contributed by atoms with van der Waals surface area (Å²) in [5.41, 5.74) is 0. The van der Waals surface area contributed by atoms with Gasteiger partial charge in [-0.3, -0.25) is 4.79 Å². The molecule has 11 heavy (non-hydrogen) atoms. The Morgan fingerprint density at radius 2 is 2.00 bits per heavy atom. The molecule has 0 radical (unpaired) electrons. The van der Waals surface area contributed by atoms with E-state index in [0.717, 1.165) is 0 Å². The predicted molar refractivity (Wildman–Crippen MR) is 39.1 cm³/mol. The molecule has 0 heterocycles. The number of carboxylic acid groups (broad SMARTS) is 1. The fourth-order valence-electron chi connectivity index (χ4n) is 0.867.